The van der Waals surface area contributed by atoms with Gasteiger partial charge in [-0.2, -0.15) is 0 Å². The van der Waals surface area contributed by atoms with E-state index in [-0.39, 0.29) is 18.5 Å². The minimum absolute atomic E-state index is 0.0156. The summed E-state index contributed by atoms with van der Waals surface area (Å²) >= 11 is 1.21. The highest BCUT2D eigenvalue weighted by Crippen LogP contribution is 2.36. The van der Waals surface area contributed by atoms with E-state index in [9.17, 15) is 19.5 Å². The van der Waals surface area contributed by atoms with E-state index in [1.165, 1.54) is 42.2 Å². The molecule has 0 amide bonds. The summed E-state index contributed by atoms with van der Waals surface area (Å²) in [5, 5.41) is 10.2. The van der Waals surface area contributed by atoms with Crippen LogP contribution in [0, 0.1) is 6.92 Å². The van der Waals surface area contributed by atoms with E-state index >= 15 is 0 Å². The predicted molar refractivity (Wildman–Crippen MR) is 153 cm³/mol. The number of benzene rings is 1. The maximum atomic E-state index is 14.2. The fourth-order valence-corrected chi connectivity index (χ4v) is 5.62. The quantitative estimate of drug-likeness (QED) is 0.294. The molecule has 40 heavy (non-hydrogen) atoms. The number of hydrogen-bond acceptors (Lipinski definition) is 9. The van der Waals surface area contributed by atoms with Gasteiger partial charge in [0.25, 0.3) is 5.56 Å². The lowest BCUT2D eigenvalue weighted by Gasteiger charge is -2.30. The Morgan fingerprint density at radius 3 is 2.40 bits per heavy atom. The Balaban J connectivity index is 2.00. The van der Waals surface area contributed by atoms with Gasteiger partial charge >= 0.3 is 11.7 Å². The lowest BCUT2D eigenvalue weighted by atomic mass is 10.0. The zero-order valence-electron chi connectivity index (χ0n) is 23.8. The molecule has 3 heterocycles. The van der Waals surface area contributed by atoms with E-state index in [2.05, 4.69) is 4.98 Å². The van der Waals surface area contributed by atoms with Gasteiger partial charge in [0.05, 0.1) is 35.7 Å². The molecule has 0 bridgehead atoms. The van der Waals surface area contributed by atoms with Gasteiger partial charge in [0, 0.05) is 0 Å². The van der Waals surface area contributed by atoms with Crippen molar-refractivity contribution in [2.24, 2.45) is 0 Å². The van der Waals surface area contributed by atoms with Crippen molar-refractivity contribution in [3.05, 3.63) is 74.8 Å². The molecule has 11 heteroatoms. The lowest BCUT2D eigenvalue weighted by Crippen LogP contribution is -2.54. The molecule has 0 saturated heterocycles. The summed E-state index contributed by atoms with van der Waals surface area (Å²) in [4.78, 5) is 46.8. The number of carbonyl (C=O) groups is 1. The zero-order valence-corrected chi connectivity index (χ0v) is 24.6. The van der Waals surface area contributed by atoms with Crippen molar-refractivity contribution in [2.75, 3.05) is 6.61 Å². The fraction of sp³-hybridized carbons (Fsp3) is 0.448. The van der Waals surface area contributed by atoms with Crippen molar-refractivity contribution in [2.45, 2.75) is 78.4 Å². The zero-order chi connectivity index (χ0) is 29.4. The number of thiophene rings is 1. The van der Waals surface area contributed by atoms with E-state index in [0.29, 0.717) is 21.2 Å². The Bertz CT molecular complexity index is 1610. The van der Waals surface area contributed by atoms with E-state index in [0.717, 1.165) is 10.1 Å². The molecule has 0 aliphatic heterocycles. The summed E-state index contributed by atoms with van der Waals surface area (Å²) in [5.41, 5.74) is -2.39. The maximum Gasteiger partial charge on any atom is 0.333 e. The number of rotatable bonds is 9. The van der Waals surface area contributed by atoms with Crippen LogP contribution in [-0.4, -0.2) is 43.5 Å². The Labute approximate surface area is 235 Å². The first-order valence-corrected chi connectivity index (χ1v) is 13.8. The van der Waals surface area contributed by atoms with Gasteiger partial charge in [-0.3, -0.25) is 9.36 Å². The Hall–Kier alpha value is -3.54. The number of carbonyl (C=O) groups excluding carboxylic acids is 1. The summed E-state index contributed by atoms with van der Waals surface area (Å²) < 4.78 is 19.6. The molecule has 4 rings (SSSR count). The standard InChI is InChI=1S/C29H35N3O7S/c1-17(33)16-38-20(19-11-9-8-10-12-19)15-31-25-21(18(2)22(40-25)23-30-13-14-37-23)24(34)32(27(31)36)29(6,7)26(35)39-28(3,4)5/h8-14,17,20,33H,15-16H2,1-7H3/t17?,20-/m0/s1. The smallest absolute Gasteiger partial charge is 0.333 e. The average Bonchev–Trinajstić information content (AvgIpc) is 3.51. The predicted octanol–water partition coefficient (Wildman–Crippen LogP) is 4.40. The van der Waals surface area contributed by atoms with Gasteiger partial charge in [-0.1, -0.05) is 30.3 Å². The number of oxazole rings is 1. The molecule has 1 aromatic carbocycles. The first-order chi connectivity index (χ1) is 18.7. The van der Waals surface area contributed by atoms with Crippen LogP contribution < -0.4 is 11.2 Å². The van der Waals surface area contributed by atoms with Crippen molar-refractivity contribution in [1.29, 1.82) is 0 Å². The van der Waals surface area contributed by atoms with Gasteiger partial charge in [0.2, 0.25) is 5.89 Å². The number of aliphatic hydroxyl groups excluding tert-OH is 1. The lowest BCUT2D eigenvalue weighted by molar-refractivity contribution is -0.164. The average molecular weight is 570 g/mol. The number of ether oxygens (including phenoxy) is 2. The van der Waals surface area contributed by atoms with Crippen LogP contribution in [0.2, 0.25) is 0 Å². The molecule has 0 spiro atoms. The summed E-state index contributed by atoms with van der Waals surface area (Å²) in [6, 6.07) is 9.32. The topological polar surface area (TPSA) is 126 Å². The molecule has 4 aromatic rings. The molecule has 0 radical (unpaired) electrons. The van der Waals surface area contributed by atoms with E-state index in [1.54, 1.807) is 34.6 Å². The van der Waals surface area contributed by atoms with Gasteiger partial charge < -0.3 is 19.0 Å². The Kier molecular flexibility index (Phi) is 8.21. The van der Waals surface area contributed by atoms with Crippen molar-refractivity contribution in [3.63, 3.8) is 0 Å². The van der Waals surface area contributed by atoms with Crippen LogP contribution in [0.25, 0.3) is 21.0 Å². The highest BCUT2D eigenvalue weighted by molar-refractivity contribution is 7.22. The second-order valence-electron chi connectivity index (χ2n) is 11.2. The maximum absolute atomic E-state index is 14.2. The molecule has 1 N–H and O–H groups in total. The summed E-state index contributed by atoms with van der Waals surface area (Å²) in [7, 11) is 0. The van der Waals surface area contributed by atoms with E-state index in [1.807, 2.05) is 30.3 Å². The number of hydrogen-bond donors (Lipinski definition) is 1. The third kappa shape index (κ3) is 5.81. The fourth-order valence-electron chi connectivity index (χ4n) is 4.38. The third-order valence-electron chi connectivity index (χ3n) is 6.35. The van der Waals surface area contributed by atoms with Gasteiger partial charge in [0.15, 0.2) is 0 Å². The number of aliphatic hydroxyl groups is 1. The number of aromatic nitrogens is 3. The van der Waals surface area contributed by atoms with Crippen LogP contribution in [-0.2, 0) is 26.4 Å². The Morgan fingerprint density at radius 2 is 1.82 bits per heavy atom. The second kappa shape index (κ2) is 11.1. The third-order valence-corrected chi connectivity index (χ3v) is 7.66. The molecule has 3 aromatic heterocycles. The van der Waals surface area contributed by atoms with E-state index in [4.69, 9.17) is 13.9 Å². The summed E-state index contributed by atoms with van der Waals surface area (Å²) in [6.07, 6.45) is 1.57. The molecule has 0 aliphatic rings. The number of nitrogens with zero attached hydrogens (tertiary/aromatic N) is 3. The molecule has 1 unspecified atom stereocenters. The SMILES string of the molecule is Cc1c(-c2ncco2)sc2c1c(=O)n(C(C)(C)C(=O)OC(C)(C)C)c(=O)n2C[C@H](OCC(C)O)c1ccccc1. The molecule has 2 atom stereocenters. The van der Waals surface area contributed by atoms with Gasteiger partial charge in [0.1, 0.15) is 28.3 Å². The van der Waals surface area contributed by atoms with Crippen molar-refractivity contribution < 1.29 is 23.8 Å². The van der Waals surface area contributed by atoms with Gasteiger partial charge in [-0.15, -0.1) is 11.3 Å². The number of esters is 1. The minimum atomic E-state index is -1.63. The molecular weight excluding hydrogens is 534 g/mol. The van der Waals surface area contributed by atoms with E-state index < -0.39 is 40.6 Å². The first-order valence-electron chi connectivity index (χ1n) is 13.0. The van der Waals surface area contributed by atoms with Crippen LogP contribution in [0.4, 0.5) is 0 Å². The molecule has 0 fully saturated rings. The molecule has 0 aliphatic carbocycles. The van der Waals surface area contributed by atoms with Crippen LogP contribution in [0.1, 0.15) is 58.8 Å². The molecule has 10 nitrogen and oxygen atoms in total. The molecular formula is C29H35N3O7S. The van der Waals surface area contributed by atoms with Crippen molar-refractivity contribution >= 4 is 27.5 Å². The van der Waals surface area contributed by atoms with Crippen molar-refractivity contribution in [3.8, 4) is 10.8 Å². The van der Waals surface area contributed by atoms with Crippen LogP contribution in [0.5, 0.6) is 0 Å². The Morgan fingerprint density at radius 1 is 1.15 bits per heavy atom. The molecule has 214 valence electrons. The van der Waals surface area contributed by atoms with Crippen molar-refractivity contribution in [1.82, 2.24) is 14.1 Å². The number of fused-ring (bicyclic) bond motifs is 1. The van der Waals surface area contributed by atoms with Crippen LogP contribution in [0.3, 0.4) is 0 Å². The van der Waals surface area contributed by atoms with Crippen LogP contribution >= 0.6 is 11.3 Å². The minimum Gasteiger partial charge on any atom is -0.458 e. The first kappa shape index (κ1) is 29.4. The number of aryl methyl sites for hydroxylation is 1. The highest BCUT2D eigenvalue weighted by Gasteiger charge is 2.39. The van der Waals surface area contributed by atoms with Gasteiger partial charge in [-0.05, 0) is 59.6 Å². The molecule has 0 saturated carbocycles. The monoisotopic (exact) mass is 569 g/mol. The highest BCUT2D eigenvalue weighted by atomic mass is 32.1. The van der Waals surface area contributed by atoms with Gasteiger partial charge in [-0.25, -0.2) is 19.1 Å². The second-order valence-corrected chi connectivity index (χ2v) is 12.2. The summed E-state index contributed by atoms with van der Waals surface area (Å²) in [6.45, 7) is 11.6. The van der Waals surface area contributed by atoms with Crippen LogP contribution in [0.15, 0.2) is 56.8 Å². The normalized spacial score (nSPS) is 13.9. The summed E-state index contributed by atoms with van der Waals surface area (Å²) in [5.74, 6) is -0.393. The largest absolute Gasteiger partial charge is 0.458 e.